The summed E-state index contributed by atoms with van der Waals surface area (Å²) in [7, 11) is 1.72. The first-order chi connectivity index (χ1) is 27.1. The maximum Gasteiger partial charge on any atom is 0.408 e. The topological polar surface area (TPSA) is 139 Å². The van der Waals surface area contributed by atoms with Crippen molar-refractivity contribution >= 4 is 28.7 Å². The highest BCUT2D eigenvalue weighted by Gasteiger charge is 2.41. The average Bonchev–Trinajstić information content (AvgIpc) is 4.14. The fourth-order valence-corrected chi connectivity index (χ4v) is 7.62. The SMILES string of the molecule is CC.CC.CCn1c(-c2cc(N3CCN(C4CC4)CC3)cnc2C(C)OC)c(CC(C)(C)CO)c2cc(C3CC3OCC(NC(=O)OC(C)(C)C)C(=O)O)ccc21. The van der Waals surface area contributed by atoms with Gasteiger partial charge in [-0.05, 0) is 95.0 Å². The zero-order valence-corrected chi connectivity index (χ0v) is 36.8. The standard InChI is InChI=1S/C41H59N5O7.2C2H6/c1-9-46-34-13-10-26(29-20-35(29)52-23-33(38(48)49)43-39(50)53-40(3,4)5)18-30(34)32(21-41(6,7)24-47)37(46)31-19-28(22-42-36(31)25(2)51-8)45-16-14-44(15-17-45)27-11-12-27;2*1-2/h10,13,18-19,22,25,27,29,33,35,47H,9,11-12,14-17,20-21,23-24H2,1-8H3,(H,43,50)(H,48,49);2*1-2H3. The second-order valence-electron chi connectivity index (χ2n) is 16.9. The lowest BCUT2D eigenvalue weighted by Gasteiger charge is -2.36. The highest BCUT2D eigenvalue weighted by molar-refractivity contribution is 5.93. The van der Waals surface area contributed by atoms with Crippen molar-refractivity contribution in [3.8, 4) is 11.3 Å². The van der Waals surface area contributed by atoms with Crippen LogP contribution < -0.4 is 10.2 Å². The second-order valence-corrected chi connectivity index (χ2v) is 16.9. The Balaban J connectivity index is 0.00000174. The van der Waals surface area contributed by atoms with E-state index in [4.69, 9.17) is 19.2 Å². The minimum Gasteiger partial charge on any atom is -0.480 e. The van der Waals surface area contributed by atoms with Crippen molar-refractivity contribution in [3.05, 3.63) is 47.3 Å². The monoisotopic (exact) mass is 794 g/mol. The molecular formula is C45H71N5O7. The smallest absolute Gasteiger partial charge is 0.408 e. The van der Waals surface area contributed by atoms with E-state index in [-0.39, 0.29) is 36.8 Å². The van der Waals surface area contributed by atoms with E-state index < -0.39 is 23.7 Å². The number of amides is 1. The van der Waals surface area contributed by atoms with Crippen molar-refractivity contribution in [2.24, 2.45) is 5.41 Å². The van der Waals surface area contributed by atoms with E-state index in [9.17, 15) is 19.8 Å². The number of methoxy groups -OCH3 is 1. The number of carboxylic acids is 1. The van der Waals surface area contributed by atoms with Gasteiger partial charge in [0.15, 0.2) is 6.04 Å². The maximum absolute atomic E-state index is 12.3. The largest absolute Gasteiger partial charge is 0.480 e. The number of nitrogens with zero attached hydrogens (tertiary/aromatic N) is 4. The fourth-order valence-electron chi connectivity index (χ4n) is 7.62. The molecule has 57 heavy (non-hydrogen) atoms. The summed E-state index contributed by atoms with van der Waals surface area (Å²) in [5.41, 5.74) is 6.41. The molecule has 2 aromatic heterocycles. The number of benzene rings is 1. The number of anilines is 1. The Bertz CT molecular complexity index is 1790. The molecule has 2 saturated carbocycles. The first-order valence-electron chi connectivity index (χ1n) is 21.2. The zero-order valence-electron chi connectivity index (χ0n) is 36.8. The lowest BCUT2D eigenvalue weighted by Crippen LogP contribution is -2.47. The molecule has 3 fully saturated rings. The van der Waals surface area contributed by atoms with Gasteiger partial charge in [-0.3, -0.25) is 9.88 Å². The Hall–Kier alpha value is -3.71. The summed E-state index contributed by atoms with van der Waals surface area (Å²) < 4.78 is 19.6. The first kappa shape index (κ1) is 46.0. The second kappa shape index (κ2) is 19.8. The predicted molar refractivity (Wildman–Crippen MR) is 228 cm³/mol. The Labute approximate surface area is 341 Å². The molecule has 2 aliphatic carbocycles. The molecule has 0 bridgehead atoms. The third-order valence-electron chi connectivity index (χ3n) is 10.9. The Morgan fingerprint density at radius 2 is 1.68 bits per heavy atom. The molecule has 12 heteroatoms. The van der Waals surface area contributed by atoms with Crippen LogP contribution in [0.3, 0.4) is 0 Å². The minimum absolute atomic E-state index is 0.0381. The van der Waals surface area contributed by atoms with Gasteiger partial charge in [0.05, 0.1) is 42.1 Å². The Kier molecular flexibility index (Phi) is 16.0. The number of fused-ring (bicyclic) bond motifs is 1. The first-order valence-corrected chi connectivity index (χ1v) is 21.2. The predicted octanol–water partition coefficient (Wildman–Crippen LogP) is 8.18. The van der Waals surface area contributed by atoms with Gasteiger partial charge in [0.2, 0.25) is 0 Å². The average molecular weight is 794 g/mol. The number of aliphatic hydroxyl groups is 1. The summed E-state index contributed by atoms with van der Waals surface area (Å²) in [6.45, 7) is 26.3. The fraction of sp³-hybridized carbons (Fsp3) is 0.667. The molecule has 6 rings (SSSR count). The number of ether oxygens (including phenoxy) is 3. The van der Waals surface area contributed by atoms with E-state index in [1.807, 2.05) is 40.8 Å². The van der Waals surface area contributed by atoms with Gasteiger partial charge in [-0.1, -0.05) is 47.6 Å². The number of aliphatic carboxylic acids is 1. The van der Waals surface area contributed by atoms with Crippen molar-refractivity contribution in [1.82, 2.24) is 19.8 Å². The molecule has 0 spiro atoms. The molecule has 1 saturated heterocycles. The lowest BCUT2D eigenvalue weighted by molar-refractivity contribution is -0.141. The number of aliphatic hydroxyl groups excluding tert-OH is 1. The Morgan fingerprint density at radius 1 is 1.02 bits per heavy atom. The van der Waals surface area contributed by atoms with E-state index in [1.54, 1.807) is 27.9 Å². The maximum atomic E-state index is 12.3. The molecule has 1 aliphatic heterocycles. The number of carboxylic acid groups (broad SMARTS) is 1. The van der Waals surface area contributed by atoms with Crippen molar-refractivity contribution in [3.63, 3.8) is 0 Å². The zero-order chi connectivity index (χ0) is 42.2. The molecule has 4 atom stereocenters. The van der Waals surface area contributed by atoms with Gasteiger partial charge < -0.3 is 39.2 Å². The van der Waals surface area contributed by atoms with Crippen LogP contribution in [0.2, 0.25) is 0 Å². The van der Waals surface area contributed by atoms with Crippen molar-refractivity contribution in [2.45, 2.75) is 144 Å². The van der Waals surface area contributed by atoms with Crippen LogP contribution in [-0.4, -0.2) is 107 Å². The van der Waals surface area contributed by atoms with Crippen LogP contribution in [0.5, 0.6) is 0 Å². The summed E-state index contributed by atoms with van der Waals surface area (Å²) >= 11 is 0. The van der Waals surface area contributed by atoms with Gasteiger partial charge in [0.1, 0.15) is 5.60 Å². The minimum atomic E-state index is -1.22. The molecule has 1 amide bonds. The molecule has 3 N–H and O–H groups in total. The van der Waals surface area contributed by atoms with E-state index in [2.05, 4.69) is 64.7 Å². The molecule has 12 nitrogen and oxygen atoms in total. The van der Waals surface area contributed by atoms with E-state index >= 15 is 0 Å². The summed E-state index contributed by atoms with van der Waals surface area (Å²) in [6, 6.07) is 8.42. The summed E-state index contributed by atoms with van der Waals surface area (Å²) in [6.07, 6.45) is 4.84. The highest BCUT2D eigenvalue weighted by atomic mass is 16.6. The van der Waals surface area contributed by atoms with Gasteiger partial charge in [-0.2, -0.15) is 0 Å². The summed E-state index contributed by atoms with van der Waals surface area (Å²) in [5, 5.41) is 23.8. The molecule has 0 radical (unpaired) electrons. The normalized spacial score (nSPS) is 19.5. The quantitative estimate of drug-likeness (QED) is 0.138. The molecule has 3 heterocycles. The number of aryl methyl sites for hydroxylation is 1. The number of carbonyl (C=O) groups is 2. The number of hydrogen-bond donors (Lipinski definition) is 3. The van der Waals surface area contributed by atoms with E-state index in [0.29, 0.717) is 6.42 Å². The lowest BCUT2D eigenvalue weighted by atomic mass is 9.84. The van der Waals surface area contributed by atoms with Gasteiger partial charge >= 0.3 is 12.1 Å². The van der Waals surface area contributed by atoms with Crippen LogP contribution in [0.4, 0.5) is 10.5 Å². The molecule has 4 unspecified atom stereocenters. The molecule has 1 aromatic carbocycles. The highest BCUT2D eigenvalue weighted by Crippen LogP contribution is 2.47. The number of nitrogens with one attached hydrogen (secondary N) is 1. The molecule has 318 valence electrons. The summed E-state index contributed by atoms with van der Waals surface area (Å²) in [4.78, 5) is 34.4. The molecular weight excluding hydrogens is 723 g/mol. The van der Waals surface area contributed by atoms with Crippen molar-refractivity contribution in [2.75, 3.05) is 51.4 Å². The van der Waals surface area contributed by atoms with E-state index in [0.717, 1.165) is 89.9 Å². The van der Waals surface area contributed by atoms with Crippen LogP contribution in [0.25, 0.3) is 22.2 Å². The third-order valence-corrected chi connectivity index (χ3v) is 10.9. The Morgan fingerprint density at radius 3 is 2.25 bits per heavy atom. The van der Waals surface area contributed by atoms with Gasteiger partial charge in [0.25, 0.3) is 0 Å². The molecule has 3 aliphatic rings. The number of rotatable bonds is 15. The molecule has 3 aromatic rings. The van der Waals surface area contributed by atoms with Gasteiger partial charge in [-0.25, -0.2) is 9.59 Å². The van der Waals surface area contributed by atoms with Crippen LogP contribution in [0, 0.1) is 5.41 Å². The number of pyridine rings is 1. The summed E-state index contributed by atoms with van der Waals surface area (Å²) in [5.74, 6) is -1.09. The number of alkyl carbamates (subject to hydrolysis) is 1. The number of hydrogen-bond acceptors (Lipinski definition) is 9. The van der Waals surface area contributed by atoms with Gasteiger partial charge in [0, 0.05) is 74.9 Å². The van der Waals surface area contributed by atoms with E-state index in [1.165, 1.54) is 12.8 Å². The van der Waals surface area contributed by atoms with Crippen LogP contribution in [-0.2, 0) is 32.0 Å². The van der Waals surface area contributed by atoms with Gasteiger partial charge in [-0.15, -0.1) is 0 Å². The number of carbonyl (C=O) groups excluding carboxylic acids is 1. The van der Waals surface area contributed by atoms with Crippen molar-refractivity contribution in [1.29, 1.82) is 0 Å². The third kappa shape index (κ3) is 11.5. The van der Waals surface area contributed by atoms with Crippen LogP contribution >= 0.6 is 0 Å². The van der Waals surface area contributed by atoms with Crippen molar-refractivity contribution < 1.29 is 34.0 Å². The number of aromatic nitrogens is 2. The van der Waals surface area contributed by atoms with Crippen LogP contribution in [0.15, 0.2) is 30.5 Å². The van der Waals surface area contributed by atoms with Crippen LogP contribution in [0.1, 0.15) is 124 Å². The number of piperazine rings is 1.